The zero-order chi connectivity index (χ0) is 21.8. The molecule has 4 heteroatoms. The SMILES string of the molecule is C[C@@H]1CC[C@@]2(OC1)O[C@H]1CC3=C4C=CC5C[C@@H](O)C[C@H](O)[C@]5(C)[C@H]4CC[C@]3(C)[C@H]1[C@@H]2C. The van der Waals surface area contributed by atoms with Crippen molar-refractivity contribution >= 4 is 0 Å². The highest BCUT2D eigenvalue weighted by Crippen LogP contribution is 2.68. The molecule has 4 fully saturated rings. The van der Waals surface area contributed by atoms with Crippen LogP contribution in [-0.4, -0.2) is 40.9 Å². The van der Waals surface area contributed by atoms with Crippen LogP contribution in [0.4, 0.5) is 0 Å². The molecule has 6 rings (SSSR count). The van der Waals surface area contributed by atoms with Crippen LogP contribution >= 0.6 is 0 Å². The molecule has 2 aliphatic heterocycles. The van der Waals surface area contributed by atoms with Crippen LogP contribution in [0.25, 0.3) is 0 Å². The standard InChI is InChI=1S/C27H40O4/c1-15-7-10-27(30-14-15)16(2)24-22(31-27)13-21-19-6-5-17-11-18(28)12-23(29)26(17,4)20(19)8-9-25(21,24)3/h5-6,15-18,20,22-24,28-29H,7-14H2,1-4H3/t15-,16+,17?,18-,20+,22+,23+,24+,25+,26+,27-/m1/s1. The lowest BCUT2D eigenvalue weighted by Crippen LogP contribution is -2.54. The molecular formula is C27H40O4. The number of allylic oxidation sites excluding steroid dienone is 3. The fraction of sp³-hybridized carbons (Fsp3) is 0.852. The van der Waals surface area contributed by atoms with E-state index in [4.69, 9.17) is 9.47 Å². The second-order valence-electron chi connectivity index (χ2n) is 12.4. The summed E-state index contributed by atoms with van der Waals surface area (Å²) in [5.41, 5.74) is 3.09. The molecule has 2 saturated heterocycles. The molecule has 11 atom stereocenters. The predicted octanol–water partition coefficient (Wildman–Crippen LogP) is 4.60. The molecule has 0 aromatic carbocycles. The van der Waals surface area contributed by atoms with E-state index in [9.17, 15) is 10.2 Å². The average molecular weight is 429 g/mol. The van der Waals surface area contributed by atoms with Gasteiger partial charge in [-0.05, 0) is 67.3 Å². The van der Waals surface area contributed by atoms with Gasteiger partial charge in [-0.15, -0.1) is 0 Å². The maximum absolute atomic E-state index is 11.1. The van der Waals surface area contributed by atoms with Crippen LogP contribution in [0.1, 0.15) is 72.6 Å². The van der Waals surface area contributed by atoms with Crippen molar-refractivity contribution in [2.24, 2.45) is 40.4 Å². The van der Waals surface area contributed by atoms with Gasteiger partial charge in [-0.25, -0.2) is 0 Å². The number of aliphatic hydroxyl groups excluding tert-OH is 2. The van der Waals surface area contributed by atoms with Gasteiger partial charge in [-0.2, -0.15) is 0 Å². The van der Waals surface area contributed by atoms with Crippen LogP contribution in [0.5, 0.6) is 0 Å². The van der Waals surface area contributed by atoms with Gasteiger partial charge >= 0.3 is 0 Å². The van der Waals surface area contributed by atoms with Crippen LogP contribution in [0.15, 0.2) is 23.3 Å². The number of hydrogen-bond acceptors (Lipinski definition) is 4. The predicted molar refractivity (Wildman–Crippen MR) is 119 cm³/mol. The number of hydrogen-bond donors (Lipinski definition) is 2. The number of ether oxygens (including phenoxy) is 2. The highest BCUT2D eigenvalue weighted by molar-refractivity contribution is 5.44. The summed E-state index contributed by atoms with van der Waals surface area (Å²) in [6.07, 6.45) is 11.0. The minimum Gasteiger partial charge on any atom is -0.393 e. The van der Waals surface area contributed by atoms with Crippen LogP contribution in [0.2, 0.25) is 0 Å². The molecule has 0 amide bonds. The van der Waals surface area contributed by atoms with E-state index in [1.165, 1.54) is 18.4 Å². The Morgan fingerprint density at radius 2 is 1.87 bits per heavy atom. The zero-order valence-electron chi connectivity index (χ0n) is 19.6. The van der Waals surface area contributed by atoms with E-state index in [0.717, 1.165) is 32.3 Å². The van der Waals surface area contributed by atoms with Crippen LogP contribution < -0.4 is 0 Å². The Hall–Kier alpha value is -0.680. The van der Waals surface area contributed by atoms with Gasteiger partial charge in [-0.1, -0.05) is 45.4 Å². The smallest absolute Gasteiger partial charge is 0.171 e. The van der Waals surface area contributed by atoms with E-state index < -0.39 is 6.10 Å². The molecule has 2 heterocycles. The van der Waals surface area contributed by atoms with E-state index in [2.05, 4.69) is 39.8 Å². The molecule has 4 aliphatic carbocycles. The molecule has 0 aromatic heterocycles. The fourth-order valence-electron chi connectivity index (χ4n) is 8.97. The van der Waals surface area contributed by atoms with Crippen molar-refractivity contribution in [2.75, 3.05) is 6.61 Å². The molecule has 31 heavy (non-hydrogen) atoms. The van der Waals surface area contributed by atoms with Crippen molar-refractivity contribution in [3.05, 3.63) is 23.3 Å². The van der Waals surface area contributed by atoms with Crippen molar-refractivity contribution in [3.8, 4) is 0 Å². The summed E-state index contributed by atoms with van der Waals surface area (Å²) in [7, 11) is 0. The maximum atomic E-state index is 11.1. The molecule has 2 N–H and O–H groups in total. The highest BCUT2D eigenvalue weighted by Gasteiger charge is 2.66. The number of fused-ring (bicyclic) bond motifs is 6. The lowest BCUT2D eigenvalue weighted by Gasteiger charge is -2.56. The van der Waals surface area contributed by atoms with Crippen LogP contribution in [-0.2, 0) is 9.47 Å². The minimum atomic E-state index is -0.437. The highest BCUT2D eigenvalue weighted by atomic mass is 16.7. The Labute approximate surface area is 187 Å². The van der Waals surface area contributed by atoms with E-state index in [1.807, 2.05) is 0 Å². The Morgan fingerprint density at radius 3 is 2.61 bits per heavy atom. The lowest BCUT2D eigenvalue weighted by atomic mass is 9.49. The number of rotatable bonds is 0. The van der Waals surface area contributed by atoms with Gasteiger partial charge in [-0.3, -0.25) is 0 Å². The normalized spacial score (nSPS) is 58.1. The van der Waals surface area contributed by atoms with Gasteiger partial charge in [0.2, 0.25) is 0 Å². The maximum Gasteiger partial charge on any atom is 0.171 e. The van der Waals surface area contributed by atoms with Gasteiger partial charge < -0.3 is 19.7 Å². The van der Waals surface area contributed by atoms with Crippen LogP contribution in [0.3, 0.4) is 0 Å². The number of aliphatic hydroxyl groups is 2. The molecule has 1 unspecified atom stereocenters. The summed E-state index contributed by atoms with van der Waals surface area (Å²) < 4.78 is 13.2. The third-order valence-electron chi connectivity index (χ3n) is 10.9. The Balaban J connectivity index is 1.37. The molecule has 0 aromatic rings. The van der Waals surface area contributed by atoms with Crippen LogP contribution in [0, 0.1) is 40.4 Å². The summed E-state index contributed by atoms with van der Waals surface area (Å²) in [5, 5.41) is 21.4. The topological polar surface area (TPSA) is 58.9 Å². The quantitative estimate of drug-likeness (QED) is 0.592. The molecule has 1 spiro atoms. The third kappa shape index (κ3) is 2.62. The first-order valence-electron chi connectivity index (χ1n) is 12.8. The van der Waals surface area contributed by atoms with Gasteiger partial charge in [0.05, 0.1) is 24.9 Å². The Bertz CT molecular complexity index is 823. The lowest BCUT2D eigenvalue weighted by molar-refractivity contribution is -0.269. The van der Waals surface area contributed by atoms with E-state index in [-0.39, 0.29) is 34.7 Å². The summed E-state index contributed by atoms with van der Waals surface area (Å²) >= 11 is 0. The molecule has 4 nitrogen and oxygen atoms in total. The monoisotopic (exact) mass is 428 g/mol. The Morgan fingerprint density at radius 1 is 1.06 bits per heavy atom. The molecule has 172 valence electrons. The summed E-state index contributed by atoms with van der Waals surface area (Å²) in [6.45, 7) is 10.3. The van der Waals surface area contributed by atoms with Gasteiger partial charge in [0.1, 0.15) is 0 Å². The van der Waals surface area contributed by atoms with Gasteiger partial charge in [0.15, 0.2) is 5.79 Å². The Kier molecular flexibility index (Phi) is 4.50. The zero-order valence-corrected chi connectivity index (χ0v) is 19.6. The van der Waals surface area contributed by atoms with E-state index in [1.54, 1.807) is 5.57 Å². The van der Waals surface area contributed by atoms with E-state index >= 15 is 0 Å². The molecule has 0 bridgehead atoms. The first kappa shape index (κ1) is 20.9. The second kappa shape index (κ2) is 6.68. The molecule has 2 saturated carbocycles. The van der Waals surface area contributed by atoms with Crippen molar-refractivity contribution in [3.63, 3.8) is 0 Å². The summed E-state index contributed by atoms with van der Waals surface area (Å²) in [6, 6.07) is 0. The minimum absolute atomic E-state index is 0.161. The largest absolute Gasteiger partial charge is 0.393 e. The van der Waals surface area contributed by atoms with E-state index in [0.29, 0.717) is 30.1 Å². The van der Waals surface area contributed by atoms with Crippen molar-refractivity contribution in [2.45, 2.75) is 96.7 Å². The molecule has 0 radical (unpaired) electrons. The second-order valence-corrected chi connectivity index (χ2v) is 12.4. The third-order valence-corrected chi connectivity index (χ3v) is 10.9. The van der Waals surface area contributed by atoms with Crippen molar-refractivity contribution < 1.29 is 19.7 Å². The molecule has 6 aliphatic rings. The van der Waals surface area contributed by atoms with Crippen molar-refractivity contribution in [1.82, 2.24) is 0 Å². The van der Waals surface area contributed by atoms with Gasteiger partial charge in [0, 0.05) is 23.7 Å². The molecular weight excluding hydrogens is 388 g/mol. The summed E-state index contributed by atoms with van der Waals surface area (Å²) in [4.78, 5) is 0. The average Bonchev–Trinajstić information content (AvgIpc) is 3.16. The first-order chi connectivity index (χ1) is 14.7. The fourth-order valence-corrected chi connectivity index (χ4v) is 8.97. The summed E-state index contributed by atoms with van der Waals surface area (Å²) in [5.74, 6) is 1.85. The first-order valence-corrected chi connectivity index (χ1v) is 12.8. The van der Waals surface area contributed by atoms with Gasteiger partial charge in [0.25, 0.3) is 0 Å². The van der Waals surface area contributed by atoms with Crippen molar-refractivity contribution in [1.29, 1.82) is 0 Å².